The summed E-state index contributed by atoms with van der Waals surface area (Å²) in [6.07, 6.45) is 0. The highest BCUT2D eigenvalue weighted by Gasteiger charge is 2.15. The van der Waals surface area contributed by atoms with Crippen LogP contribution in [-0.4, -0.2) is 31.0 Å². The number of fused-ring (bicyclic) bond motifs is 1. The zero-order valence-corrected chi connectivity index (χ0v) is 11.6. The Labute approximate surface area is 113 Å². The van der Waals surface area contributed by atoms with E-state index < -0.39 is 0 Å². The summed E-state index contributed by atoms with van der Waals surface area (Å²) < 4.78 is 5.39. The Balaban J connectivity index is 2.53. The lowest BCUT2D eigenvalue weighted by atomic mass is 10.0. The van der Waals surface area contributed by atoms with Gasteiger partial charge in [-0.25, -0.2) is 0 Å². The summed E-state index contributed by atoms with van der Waals surface area (Å²) in [5, 5.41) is 2.05. The molecule has 0 saturated heterocycles. The van der Waals surface area contributed by atoms with E-state index in [1.165, 1.54) is 0 Å². The summed E-state index contributed by atoms with van der Waals surface area (Å²) in [5.74, 6) is 0.794. The number of hydrogen-bond acceptors (Lipinski definition) is 2. The molecule has 0 unspecified atom stereocenters. The van der Waals surface area contributed by atoms with Crippen molar-refractivity contribution < 1.29 is 9.53 Å². The Morgan fingerprint density at radius 3 is 2.47 bits per heavy atom. The third-order valence-electron chi connectivity index (χ3n) is 3.34. The first-order valence-electron chi connectivity index (χ1n) is 6.57. The maximum absolute atomic E-state index is 12.4. The molecule has 0 heterocycles. The molecule has 0 aliphatic heterocycles. The maximum atomic E-state index is 12.4. The smallest absolute Gasteiger partial charge is 0.253 e. The van der Waals surface area contributed by atoms with E-state index >= 15 is 0 Å². The molecule has 0 saturated carbocycles. The fraction of sp³-hybridized carbons (Fsp3) is 0.312. The van der Waals surface area contributed by atoms with E-state index in [2.05, 4.69) is 0 Å². The van der Waals surface area contributed by atoms with Crippen LogP contribution < -0.4 is 4.74 Å². The monoisotopic (exact) mass is 257 g/mol. The van der Waals surface area contributed by atoms with Crippen LogP contribution in [0.25, 0.3) is 10.8 Å². The molecule has 0 fully saturated rings. The topological polar surface area (TPSA) is 29.5 Å². The van der Waals surface area contributed by atoms with Crippen molar-refractivity contribution in [2.24, 2.45) is 0 Å². The second-order valence-electron chi connectivity index (χ2n) is 4.38. The highest BCUT2D eigenvalue weighted by atomic mass is 16.5. The fourth-order valence-corrected chi connectivity index (χ4v) is 2.26. The van der Waals surface area contributed by atoms with Gasteiger partial charge in [0.2, 0.25) is 0 Å². The van der Waals surface area contributed by atoms with Gasteiger partial charge in [-0.1, -0.05) is 24.3 Å². The molecule has 2 aromatic rings. The predicted octanol–water partition coefficient (Wildman–Crippen LogP) is 3.33. The number of carbonyl (C=O) groups is 1. The summed E-state index contributed by atoms with van der Waals surface area (Å²) >= 11 is 0. The minimum Gasteiger partial charge on any atom is -0.496 e. The zero-order chi connectivity index (χ0) is 13.8. The number of rotatable bonds is 4. The first-order chi connectivity index (χ1) is 9.21. The number of methoxy groups -OCH3 is 1. The van der Waals surface area contributed by atoms with Crippen molar-refractivity contribution in [2.45, 2.75) is 13.8 Å². The highest BCUT2D eigenvalue weighted by Crippen LogP contribution is 2.27. The van der Waals surface area contributed by atoms with Crippen LogP contribution in [0.4, 0.5) is 0 Å². The maximum Gasteiger partial charge on any atom is 0.253 e. The van der Waals surface area contributed by atoms with Gasteiger partial charge < -0.3 is 9.64 Å². The molecule has 0 atom stereocenters. The molecule has 0 radical (unpaired) electrons. The summed E-state index contributed by atoms with van der Waals surface area (Å²) in [5.41, 5.74) is 0.680. The van der Waals surface area contributed by atoms with Gasteiger partial charge in [-0.3, -0.25) is 4.79 Å². The molecule has 19 heavy (non-hydrogen) atoms. The molecule has 2 aromatic carbocycles. The van der Waals surface area contributed by atoms with Gasteiger partial charge in [-0.15, -0.1) is 0 Å². The van der Waals surface area contributed by atoms with E-state index in [-0.39, 0.29) is 5.91 Å². The average molecular weight is 257 g/mol. The average Bonchev–Trinajstić information content (AvgIpc) is 2.47. The molecule has 3 heteroatoms. The quantitative estimate of drug-likeness (QED) is 0.840. The molecule has 0 aromatic heterocycles. The van der Waals surface area contributed by atoms with Crippen molar-refractivity contribution in [1.82, 2.24) is 4.90 Å². The van der Waals surface area contributed by atoms with Crippen LogP contribution in [0.15, 0.2) is 36.4 Å². The second kappa shape index (κ2) is 5.74. The van der Waals surface area contributed by atoms with Gasteiger partial charge in [0.05, 0.1) is 7.11 Å². The minimum atomic E-state index is 0.0500. The van der Waals surface area contributed by atoms with Crippen LogP contribution >= 0.6 is 0 Å². The minimum absolute atomic E-state index is 0.0500. The molecule has 100 valence electrons. The van der Waals surface area contributed by atoms with Gasteiger partial charge in [0.15, 0.2) is 0 Å². The van der Waals surface area contributed by atoms with Crippen molar-refractivity contribution in [3.63, 3.8) is 0 Å². The molecule has 0 spiro atoms. The van der Waals surface area contributed by atoms with Gasteiger partial charge in [0.25, 0.3) is 5.91 Å². The zero-order valence-electron chi connectivity index (χ0n) is 11.6. The van der Waals surface area contributed by atoms with Gasteiger partial charge in [0, 0.05) is 24.0 Å². The van der Waals surface area contributed by atoms with E-state index in [0.29, 0.717) is 18.7 Å². The summed E-state index contributed by atoms with van der Waals surface area (Å²) in [6, 6.07) is 11.7. The van der Waals surface area contributed by atoms with E-state index in [0.717, 1.165) is 16.5 Å². The molecule has 0 bridgehead atoms. The summed E-state index contributed by atoms with van der Waals surface area (Å²) in [6.45, 7) is 5.40. The van der Waals surface area contributed by atoms with E-state index in [9.17, 15) is 4.79 Å². The normalized spacial score (nSPS) is 10.5. The Kier molecular flexibility index (Phi) is 4.05. The Morgan fingerprint density at radius 1 is 1.16 bits per heavy atom. The first kappa shape index (κ1) is 13.4. The van der Waals surface area contributed by atoms with Crippen LogP contribution in [0.2, 0.25) is 0 Å². The van der Waals surface area contributed by atoms with Crippen LogP contribution in [0, 0.1) is 0 Å². The number of carbonyl (C=O) groups excluding carboxylic acids is 1. The van der Waals surface area contributed by atoms with Crippen molar-refractivity contribution in [1.29, 1.82) is 0 Å². The molecule has 0 N–H and O–H groups in total. The fourth-order valence-electron chi connectivity index (χ4n) is 2.26. The molecule has 1 amide bonds. The first-order valence-corrected chi connectivity index (χ1v) is 6.57. The Morgan fingerprint density at radius 2 is 1.84 bits per heavy atom. The van der Waals surface area contributed by atoms with E-state index in [4.69, 9.17) is 4.74 Å². The number of nitrogens with zero attached hydrogens (tertiary/aromatic N) is 1. The lowest BCUT2D eigenvalue weighted by Crippen LogP contribution is -2.30. The van der Waals surface area contributed by atoms with Gasteiger partial charge in [-0.2, -0.15) is 0 Å². The second-order valence-corrected chi connectivity index (χ2v) is 4.38. The molecular weight excluding hydrogens is 238 g/mol. The van der Waals surface area contributed by atoms with Gasteiger partial charge in [-0.05, 0) is 31.4 Å². The summed E-state index contributed by atoms with van der Waals surface area (Å²) in [4.78, 5) is 14.2. The molecule has 0 aliphatic rings. The van der Waals surface area contributed by atoms with Crippen molar-refractivity contribution in [3.8, 4) is 5.75 Å². The molecule has 2 rings (SSSR count). The van der Waals surface area contributed by atoms with E-state index in [1.807, 2.05) is 55.1 Å². The van der Waals surface area contributed by atoms with Crippen LogP contribution in [0.3, 0.4) is 0 Å². The van der Waals surface area contributed by atoms with Gasteiger partial charge >= 0.3 is 0 Å². The third kappa shape index (κ3) is 2.55. The van der Waals surface area contributed by atoms with Crippen LogP contribution in [0.5, 0.6) is 5.75 Å². The third-order valence-corrected chi connectivity index (χ3v) is 3.34. The molecule has 0 aliphatic carbocycles. The lowest BCUT2D eigenvalue weighted by molar-refractivity contribution is 0.0773. The number of amides is 1. The Bertz CT molecular complexity index is 588. The van der Waals surface area contributed by atoms with Gasteiger partial charge in [0.1, 0.15) is 5.75 Å². The number of ether oxygens (including phenoxy) is 1. The summed E-state index contributed by atoms with van der Waals surface area (Å²) in [7, 11) is 1.63. The van der Waals surface area contributed by atoms with Crippen molar-refractivity contribution in [3.05, 3.63) is 42.0 Å². The van der Waals surface area contributed by atoms with Crippen LogP contribution in [-0.2, 0) is 0 Å². The number of hydrogen-bond donors (Lipinski definition) is 0. The van der Waals surface area contributed by atoms with Crippen molar-refractivity contribution in [2.75, 3.05) is 20.2 Å². The predicted molar refractivity (Wildman–Crippen MR) is 77.8 cm³/mol. The molecular formula is C16H19NO2. The largest absolute Gasteiger partial charge is 0.496 e. The highest BCUT2D eigenvalue weighted by molar-refractivity contribution is 6.00. The Hall–Kier alpha value is -2.03. The number of benzene rings is 2. The van der Waals surface area contributed by atoms with Crippen LogP contribution in [0.1, 0.15) is 24.2 Å². The molecule has 3 nitrogen and oxygen atoms in total. The van der Waals surface area contributed by atoms with Crippen molar-refractivity contribution >= 4 is 16.7 Å². The lowest BCUT2D eigenvalue weighted by Gasteiger charge is -2.19. The van der Waals surface area contributed by atoms with E-state index in [1.54, 1.807) is 7.11 Å². The SMILES string of the molecule is CCN(CC)C(=O)c1cc(OC)c2ccccc2c1. The standard InChI is InChI=1S/C16H19NO2/c1-4-17(5-2)16(18)13-10-12-8-6-7-9-14(12)15(11-13)19-3/h6-11H,4-5H2,1-3H3.